The Morgan fingerprint density at radius 3 is 2.27 bits per heavy atom. The lowest BCUT2D eigenvalue weighted by Gasteiger charge is -2.21. The van der Waals surface area contributed by atoms with Gasteiger partial charge in [0.2, 0.25) is 5.91 Å². The van der Waals surface area contributed by atoms with Gasteiger partial charge in [-0.1, -0.05) is 12.1 Å². The lowest BCUT2D eigenvalue weighted by molar-refractivity contribution is -0.131. The Kier molecular flexibility index (Phi) is 5.46. The molecule has 2 aromatic carbocycles. The van der Waals surface area contributed by atoms with Gasteiger partial charge in [-0.2, -0.15) is 0 Å². The van der Waals surface area contributed by atoms with E-state index in [0.29, 0.717) is 16.5 Å². The highest BCUT2D eigenvalue weighted by atomic mass is 19.2. The molecule has 7 nitrogen and oxygen atoms in total. The summed E-state index contributed by atoms with van der Waals surface area (Å²) in [6.45, 7) is 2.12. The Labute approximate surface area is 169 Å². The van der Waals surface area contributed by atoms with Crippen LogP contribution in [0.2, 0.25) is 0 Å². The number of nitrogens with zero attached hydrogens (tertiary/aromatic N) is 2. The summed E-state index contributed by atoms with van der Waals surface area (Å²) in [5.41, 5.74) is -1.32. The maximum Gasteiger partial charge on any atom is 0.308 e. The average molecular weight is 414 g/mol. The van der Waals surface area contributed by atoms with Gasteiger partial charge in [-0.15, -0.1) is 0 Å². The Hall–Kier alpha value is -3.88. The third kappa shape index (κ3) is 3.57. The maximum atomic E-state index is 13.7. The van der Waals surface area contributed by atoms with Gasteiger partial charge in [0.25, 0.3) is 11.5 Å². The molecule has 0 aliphatic rings. The molecule has 154 valence electrons. The van der Waals surface area contributed by atoms with Crippen LogP contribution >= 0.6 is 0 Å². The number of hydrogen-bond acceptors (Lipinski definition) is 5. The van der Waals surface area contributed by atoms with E-state index in [1.807, 2.05) is 0 Å². The van der Waals surface area contributed by atoms with Crippen molar-refractivity contribution in [2.45, 2.75) is 13.8 Å². The van der Waals surface area contributed by atoms with E-state index in [0.717, 1.165) is 26.0 Å². The number of pyridine rings is 1. The van der Waals surface area contributed by atoms with Gasteiger partial charge in [0, 0.05) is 32.3 Å². The molecule has 0 aliphatic heterocycles. The van der Waals surface area contributed by atoms with E-state index in [1.165, 1.54) is 11.6 Å². The van der Waals surface area contributed by atoms with E-state index in [2.05, 4.69) is 0 Å². The predicted octanol–water partition coefficient (Wildman–Crippen LogP) is 2.94. The van der Waals surface area contributed by atoms with Crippen LogP contribution in [-0.2, 0) is 16.6 Å². The number of amides is 2. The van der Waals surface area contributed by atoms with Crippen LogP contribution in [0, 0.1) is 11.6 Å². The van der Waals surface area contributed by atoms with Crippen molar-refractivity contribution in [1.29, 1.82) is 0 Å². The SMILES string of the molecule is CC(=O)Oc1c(C(=O)N(C(C)=O)c2ccc(F)c(F)c2)c(=O)n(C)c2ccccc12. The number of rotatable bonds is 3. The molecule has 0 atom stereocenters. The molecule has 1 aromatic heterocycles. The minimum atomic E-state index is -1.28. The Balaban J connectivity index is 2.32. The second-order valence-corrected chi connectivity index (χ2v) is 6.44. The lowest BCUT2D eigenvalue weighted by Crippen LogP contribution is -2.40. The predicted molar refractivity (Wildman–Crippen MR) is 104 cm³/mol. The van der Waals surface area contributed by atoms with E-state index < -0.39 is 40.5 Å². The van der Waals surface area contributed by atoms with Crippen molar-refractivity contribution in [3.8, 4) is 5.75 Å². The van der Waals surface area contributed by atoms with Crippen molar-refractivity contribution < 1.29 is 27.9 Å². The first-order chi connectivity index (χ1) is 14.1. The molecule has 0 spiro atoms. The van der Waals surface area contributed by atoms with Gasteiger partial charge in [0.05, 0.1) is 11.2 Å². The van der Waals surface area contributed by atoms with Gasteiger partial charge < -0.3 is 9.30 Å². The minimum Gasteiger partial charge on any atom is -0.425 e. The first-order valence-corrected chi connectivity index (χ1v) is 8.73. The summed E-state index contributed by atoms with van der Waals surface area (Å²) in [6, 6.07) is 8.84. The number of hydrogen-bond donors (Lipinski definition) is 0. The zero-order chi connectivity index (χ0) is 22.2. The smallest absolute Gasteiger partial charge is 0.308 e. The van der Waals surface area contributed by atoms with Gasteiger partial charge >= 0.3 is 5.97 Å². The van der Waals surface area contributed by atoms with E-state index in [4.69, 9.17) is 4.74 Å². The fourth-order valence-electron chi connectivity index (χ4n) is 3.08. The van der Waals surface area contributed by atoms with Crippen molar-refractivity contribution >= 4 is 34.4 Å². The van der Waals surface area contributed by atoms with E-state index in [-0.39, 0.29) is 16.8 Å². The standard InChI is InChI=1S/C21H16F2N2O5/c1-11(26)25(13-8-9-15(22)16(23)10-13)21(29)18-19(30-12(2)27)14-6-4-5-7-17(14)24(3)20(18)28/h4-10H,1-3H3. The molecule has 3 aromatic rings. The molecular formula is C21H16F2N2O5. The molecule has 0 aliphatic carbocycles. The topological polar surface area (TPSA) is 85.7 Å². The normalized spacial score (nSPS) is 10.7. The second-order valence-electron chi connectivity index (χ2n) is 6.44. The molecule has 9 heteroatoms. The van der Waals surface area contributed by atoms with Gasteiger partial charge in [-0.25, -0.2) is 13.7 Å². The number of imide groups is 1. The zero-order valence-electron chi connectivity index (χ0n) is 16.2. The van der Waals surface area contributed by atoms with Crippen molar-refractivity contribution in [3.63, 3.8) is 0 Å². The third-order valence-corrected chi connectivity index (χ3v) is 4.39. The molecular weight excluding hydrogens is 398 g/mol. The van der Waals surface area contributed by atoms with Crippen molar-refractivity contribution in [3.05, 3.63) is 70.0 Å². The summed E-state index contributed by atoms with van der Waals surface area (Å²) in [4.78, 5) is 50.7. The summed E-state index contributed by atoms with van der Waals surface area (Å²) in [7, 11) is 1.41. The van der Waals surface area contributed by atoms with Crippen LogP contribution in [0.3, 0.4) is 0 Å². The maximum absolute atomic E-state index is 13.7. The number of anilines is 1. The number of fused-ring (bicyclic) bond motifs is 1. The van der Waals surface area contributed by atoms with Crippen LogP contribution in [0.5, 0.6) is 5.75 Å². The van der Waals surface area contributed by atoms with E-state index in [1.54, 1.807) is 24.3 Å². The molecule has 1 heterocycles. The Morgan fingerprint density at radius 1 is 1.00 bits per heavy atom. The second kappa shape index (κ2) is 7.86. The highest BCUT2D eigenvalue weighted by Gasteiger charge is 2.31. The molecule has 0 fully saturated rings. The molecule has 3 rings (SSSR count). The monoisotopic (exact) mass is 414 g/mol. The molecule has 0 bridgehead atoms. The van der Waals surface area contributed by atoms with Gasteiger partial charge in [0.15, 0.2) is 17.4 Å². The number of benzene rings is 2. The Bertz CT molecular complexity index is 1270. The minimum absolute atomic E-state index is 0.282. The summed E-state index contributed by atoms with van der Waals surface area (Å²) >= 11 is 0. The number of esters is 1. The highest BCUT2D eigenvalue weighted by Crippen LogP contribution is 2.30. The molecule has 0 saturated heterocycles. The van der Waals surface area contributed by atoms with Gasteiger partial charge in [-0.05, 0) is 24.3 Å². The third-order valence-electron chi connectivity index (χ3n) is 4.39. The average Bonchev–Trinajstić information content (AvgIpc) is 2.68. The molecule has 2 amide bonds. The fraction of sp³-hybridized carbons (Fsp3) is 0.143. The summed E-state index contributed by atoms with van der Waals surface area (Å²) in [6.07, 6.45) is 0. The largest absolute Gasteiger partial charge is 0.425 e. The summed E-state index contributed by atoms with van der Waals surface area (Å²) in [5.74, 6) is -5.55. The van der Waals surface area contributed by atoms with Gasteiger partial charge in [0.1, 0.15) is 5.56 Å². The molecule has 0 saturated carbocycles. The highest BCUT2D eigenvalue weighted by molar-refractivity contribution is 6.22. The van der Waals surface area contributed by atoms with Crippen LogP contribution < -0.4 is 15.2 Å². The number of para-hydroxylation sites is 1. The van der Waals surface area contributed by atoms with Crippen molar-refractivity contribution in [2.75, 3.05) is 4.90 Å². The number of ether oxygens (including phenoxy) is 1. The summed E-state index contributed by atoms with van der Waals surface area (Å²) in [5, 5.41) is 0.284. The van der Waals surface area contributed by atoms with Crippen LogP contribution in [0.1, 0.15) is 24.2 Å². The van der Waals surface area contributed by atoms with Crippen LogP contribution in [0.4, 0.5) is 14.5 Å². The van der Waals surface area contributed by atoms with E-state index in [9.17, 15) is 28.0 Å². The Morgan fingerprint density at radius 2 is 1.67 bits per heavy atom. The first-order valence-electron chi connectivity index (χ1n) is 8.73. The number of aromatic nitrogens is 1. The molecule has 0 radical (unpaired) electrons. The number of halogens is 2. The van der Waals surface area contributed by atoms with Crippen molar-refractivity contribution in [2.24, 2.45) is 7.05 Å². The number of carbonyl (C=O) groups excluding carboxylic acids is 3. The number of carbonyl (C=O) groups is 3. The van der Waals surface area contributed by atoms with Crippen LogP contribution in [-0.4, -0.2) is 22.4 Å². The quantitative estimate of drug-likeness (QED) is 0.615. The van der Waals surface area contributed by atoms with E-state index >= 15 is 0 Å². The zero-order valence-corrected chi connectivity index (χ0v) is 16.2. The fourth-order valence-corrected chi connectivity index (χ4v) is 3.08. The molecule has 30 heavy (non-hydrogen) atoms. The van der Waals surface area contributed by atoms with Crippen molar-refractivity contribution in [1.82, 2.24) is 4.57 Å². The first kappa shape index (κ1) is 20.8. The van der Waals surface area contributed by atoms with Crippen LogP contribution in [0.25, 0.3) is 10.9 Å². The number of aryl methyl sites for hydroxylation is 1. The van der Waals surface area contributed by atoms with Crippen LogP contribution in [0.15, 0.2) is 47.3 Å². The lowest BCUT2D eigenvalue weighted by atomic mass is 10.1. The van der Waals surface area contributed by atoms with Gasteiger partial charge in [-0.3, -0.25) is 19.2 Å². The molecule has 0 N–H and O–H groups in total. The summed E-state index contributed by atoms with van der Waals surface area (Å²) < 4.78 is 33.4. The molecule has 0 unspecified atom stereocenters.